The molecule has 3 aromatic carbocycles. The summed E-state index contributed by atoms with van der Waals surface area (Å²) in [5.41, 5.74) is 1.17. The number of anilines is 1. The van der Waals surface area contributed by atoms with Crippen LogP contribution in [0.2, 0.25) is 5.02 Å². The predicted molar refractivity (Wildman–Crippen MR) is 137 cm³/mol. The van der Waals surface area contributed by atoms with Gasteiger partial charge in [-0.1, -0.05) is 29.8 Å². The van der Waals surface area contributed by atoms with Gasteiger partial charge in [-0.15, -0.1) is 0 Å². The minimum atomic E-state index is -3.92. The van der Waals surface area contributed by atoms with Crippen LogP contribution in [0, 0.1) is 0 Å². The van der Waals surface area contributed by atoms with E-state index < -0.39 is 16.1 Å². The lowest BCUT2D eigenvalue weighted by molar-refractivity contribution is -0.121. The van der Waals surface area contributed by atoms with E-state index in [9.17, 15) is 18.0 Å². The van der Waals surface area contributed by atoms with Crippen LogP contribution in [0.5, 0.6) is 0 Å². The Balaban J connectivity index is 1.36. The first-order chi connectivity index (χ1) is 16.8. The zero-order valence-corrected chi connectivity index (χ0v) is 20.2. The number of hydrogen-bond donors (Lipinski definition) is 1. The van der Waals surface area contributed by atoms with E-state index in [1.807, 2.05) is 0 Å². The van der Waals surface area contributed by atoms with Gasteiger partial charge in [-0.25, -0.2) is 8.42 Å². The smallest absolute Gasteiger partial charge is 0.255 e. The summed E-state index contributed by atoms with van der Waals surface area (Å²) in [6, 6.07) is 21.1. The topological polar surface area (TPSA) is 88.5 Å². The van der Waals surface area contributed by atoms with E-state index in [-0.39, 0.29) is 16.4 Å². The van der Waals surface area contributed by atoms with Gasteiger partial charge in [-0.2, -0.15) is 4.72 Å². The van der Waals surface area contributed by atoms with Crippen LogP contribution in [-0.2, 0) is 14.8 Å². The van der Waals surface area contributed by atoms with Crippen molar-refractivity contribution in [2.24, 2.45) is 0 Å². The van der Waals surface area contributed by atoms with Crippen molar-refractivity contribution in [2.75, 3.05) is 11.4 Å². The number of amides is 1. The minimum absolute atomic E-state index is 0.0925. The molecule has 1 aromatic heterocycles. The molecule has 0 saturated carbocycles. The number of sulfonamides is 1. The molecule has 35 heavy (non-hydrogen) atoms. The van der Waals surface area contributed by atoms with Gasteiger partial charge in [-0.3, -0.25) is 14.2 Å². The number of carbonyl (C=O) groups is 1. The normalized spacial score (nSPS) is 16.5. The predicted octanol–water partition coefficient (Wildman–Crippen LogP) is 4.12. The molecule has 1 atom stereocenters. The van der Waals surface area contributed by atoms with E-state index in [2.05, 4.69) is 4.72 Å². The minimum Gasteiger partial charge on any atom is -0.311 e. The second-order valence-electron chi connectivity index (χ2n) is 8.38. The molecular weight excluding hydrogens is 486 g/mol. The van der Waals surface area contributed by atoms with Crippen LogP contribution in [0.25, 0.3) is 16.5 Å². The Kier molecular flexibility index (Phi) is 6.19. The summed E-state index contributed by atoms with van der Waals surface area (Å²) in [5, 5.41) is 2.15. The fourth-order valence-corrected chi connectivity index (χ4v) is 5.73. The number of piperidine rings is 1. The van der Waals surface area contributed by atoms with E-state index in [0.29, 0.717) is 35.8 Å². The van der Waals surface area contributed by atoms with Gasteiger partial charge in [0.25, 0.3) is 5.56 Å². The maximum absolute atomic E-state index is 13.2. The van der Waals surface area contributed by atoms with Gasteiger partial charge in [-0.05, 0) is 78.2 Å². The van der Waals surface area contributed by atoms with E-state index in [1.165, 1.54) is 16.7 Å². The number of carbonyl (C=O) groups excluding carboxylic acids is 1. The van der Waals surface area contributed by atoms with E-state index >= 15 is 0 Å². The lowest BCUT2D eigenvalue weighted by Gasteiger charge is -2.32. The molecule has 0 spiro atoms. The summed E-state index contributed by atoms with van der Waals surface area (Å²) in [7, 11) is -3.92. The molecule has 9 heteroatoms. The molecule has 0 radical (unpaired) electrons. The van der Waals surface area contributed by atoms with Crippen LogP contribution < -0.4 is 15.2 Å². The Labute approximate surface area is 207 Å². The molecule has 1 amide bonds. The van der Waals surface area contributed by atoms with Gasteiger partial charge in [0.1, 0.15) is 6.04 Å². The number of pyridine rings is 1. The van der Waals surface area contributed by atoms with Crippen molar-refractivity contribution >= 4 is 44.0 Å². The molecule has 0 aliphatic carbocycles. The van der Waals surface area contributed by atoms with Crippen molar-refractivity contribution in [1.29, 1.82) is 0 Å². The first-order valence-corrected chi connectivity index (χ1v) is 13.0. The number of benzene rings is 3. The van der Waals surface area contributed by atoms with Gasteiger partial charge in [0.05, 0.1) is 4.90 Å². The van der Waals surface area contributed by atoms with E-state index in [4.69, 9.17) is 11.6 Å². The molecule has 1 aliphatic heterocycles. The fourth-order valence-electron chi connectivity index (χ4n) is 4.29. The van der Waals surface area contributed by atoms with Crippen LogP contribution in [-0.4, -0.2) is 31.5 Å². The molecule has 1 aliphatic rings. The van der Waals surface area contributed by atoms with Gasteiger partial charge >= 0.3 is 0 Å². The summed E-state index contributed by atoms with van der Waals surface area (Å²) in [6.45, 7) is 0.485. The maximum Gasteiger partial charge on any atom is 0.255 e. The third-order valence-corrected chi connectivity index (χ3v) is 7.79. The zero-order valence-electron chi connectivity index (χ0n) is 18.6. The van der Waals surface area contributed by atoms with Crippen molar-refractivity contribution in [2.45, 2.75) is 23.8 Å². The molecule has 5 rings (SSSR count). The summed E-state index contributed by atoms with van der Waals surface area (Å²) in [5.74, 6) is -0.308. The Morgan fingerprint density at radius 1 is 0.857 bits per heavy atom. The van der Waals surface area contributed by atoms with Gasteiger partial charge in [0, 0.05) is 35.2 Å². The number of aromatic nitrogens is 1. The van der Waals surface area contributed by atoms with Crippen LogP contribution in [0.3, 0.4) is 0 Å². The van der Waals surface area contributed by atoms with Crippen LogP contribution in [0.1, 0.15) is 12.8 Å². The largest absolute Gasteiger partial charge is 0.311 e. The standard InChI is InChI=1S/C26H22ClN3O4S/c27-20-8-6-19-17-23(13-7-18(19)16-20)35(33,34)28-24-4-3-15-30(26(24)32)22-11-9-21(10-12-22)29-14-2-1-5-25(29)31/h1-2,5-14,16-17,24,28H,3-4,15H2. The molecule has 7 nitrogen and oxygen atoms in total. The third-order valence-electron chi connectivity index (χ3n) is 6.08. The molecular formula is C26H22ClN3O4S. The first kappa shape index (κ1) is 23.3. The van der Waals surface area contributed by atoms with Crippen LogP contribution in [0.15, 0.2) is 94.7 Å². The lowest BCUT2D eigenvalue weighted by atomic mass is 10.0. The quantitative estimate of drug-likeness (QED) is 0.440. The Hall–Kier alpha value is -3.46. The second kappa shape index (κ2) is 9.30. The third kappa shape index (κ3) is 4.73. The maximum atomic E-state index is 13.2. The first-order valence-electron chi connectivity index (χ1n) is 11.1. The van der Waals surface area contributed by atoms with Gasteiger partial charge in [0.15, 0.2) is 0 Å². The van der Waals surface area contributed by atoms with Crippen molar-refractivity contribution in [3.8, 4) is 5.69 Å². The number of nitrogens with zero attached hydrogens (tertiary/aromatic N) is 2. The van der Waals surface area contributed by atoms with E-state index in [0.717, 1.165) is 10.8 Å². The van der Waals surface area contributed by atoms with Crippen LogP contribution in [0.4, 0.5) is 5.69 Å². The molecule has 1 unspecified atom stereocenters. The summed E-state index contributed by atoms with van der Waals surface area (Å²) < 4.78 is 30.3. The van der Waals surface area contributed by atoms with Crippen molar-refractivity contribution < 1.29 is 13.2 Å². The number of rotatable bonds is 5. The van der Waals surface area contributed by atoms with Crippen LogP contribution >= 0.6 is 11.6 Å². The average molecular weight is 508 g/mol. The summed E-state index contributed by atoms with van der Waals surface area (Å²) in [6.07, 6.45) is 2.74. The Bertz CT molecular complexity index is 1580. The van der Waals surface area contributed by atoms with Crippen molar-refractivity contribution in [3.05, 3.63) is 100 Å². The molecule has 0 bridgehead atoms. The van der Waals surface area contributed by atoms with Gasteiger partial charge < -0.3 is 4.90 Å². The number of halogens is 1. The average Bonchev–Trinajstić information content (AvgIpc) is 2.85. The summed E-state index contributed by atoms with van der Waals surface area (Å²) >= 11 is 6.02. The Morgan fingerprint density at radius 2 is 1.57 bits per heavy atom. The van der Waals surface area contributed by atoms with Gasteiger partial charge in [0.2, 0.25) is 15.9 Å². The fraction of sp³-hybridized carbons (Fsp3) is 0.154. The molecule has 1 N–H and O–H groups in total. The Morgan fingerprint density at radius 3 is 2.34 bits per heavy atom. The monoisotopic (exact) mass is 507 g/mol. The zero-order chi connectivity index (χ0) is 24.6. The molecule has 178 valence electrons. The number of hydrogen-bond acceptors (Lipinski definition) is 4. The highest BCUT2D eigenvalue weighted by Crippen LogP contribution is 2.25. The summed E-state index contributed by atoms with van der Waals surface area (Å²) in [4.78, 5) is 27.0. The highest BCUT2D eigenvalue weighted by atomic mass is 35.5. The SMILES string of the molecule is O=C1C(NS(=O)(=O)c2ccc3cc(Cl)ccc3c2)CCCN1c1ccc(-n2ccccc2=O)cc1. The second-order valence-corrected chi connectivity index (χ2v) is 10.5. The van der Waals surface area contributed by atoms with Crippen molar-refractivity contribution in [1.82, 2.24) is 9.29 Å². The highest BCUT2D eigenvalue weighted by molar-refractivity contribution is 7.89. The van der Waals surface area contributed by atoms with E-state index in [1.54, 1.807) is 77.8 Å². The molecule has 4 aromatic rings. The highest BCUT2D eigenvalue weighted by Gasteiger charge is 2.33. The molecule has 1 saturated heterocycles. The number of nitrogens with one attached hydrogen (secondary N) is 1. The lowest BCUT2D eigenvalue weighted by Crippen LogP contribution is -2.52. The number of fused-ring (bicyclic) bond motifs is 1. The van der Waals surface area contributed by atoms with Crippen molar-refractivity contribution in [3.63, 3.8) is 0 Å². The molecule has 2 heterocycles. The molecule has 1 fully saturated rings.